The first-order chi connectivity index (χ1) is 10.5. The van der Waals surface area contributed by atoms with Gasteiger partial charge in [0.25, 0.3) is 0 Å². The van der Waals surface area contributed by atoms with Gasteiger partial charge in [-0.1, -0.05) is 24.1 Å². The van der Waals surface area contributed by atoms with Crippen LogP contribution in [-0.2, 0) is 9.59 Å². The molecule has 0 unspecified atom stereocenters. The van der Waals surface area contributed by atoms with E-state index in [-0.39, 0.29) is 11.8 Å². The molecule has 1 aliphatic carbocycles. The van der Waals surface area contributed by atoms with Crippen LogP contribution >= 0.6 is 0 Å². The predicted molar refractivity (Wildman–Crippen MR) is 82.8 cm³/mol. The van der Waals surface area contributed by atoms with Gasteiger partial charge in [-0.25, -0.2) is 0 Å². The van der Waals surface area contributed by atoms with Crippen LogP contribution in [0.15, 0.2) is 24.3 Å². The van der Waals surface area contributed by atoms with Crippen molar-refractivity contribution in [1.82, 2.24) is 4.90 Å². The van der Waals surface area contributed by atoms with Crippen molar-refractivity contribution >= 4 is 11.9 Å². The van der Waals surface area contributed by atoms with Crippen molar-refractivity contribution in [3.8, 4) is 5.75 Å². The normalized spacial score (nSPS) is 20.6. The lowest BCUT2D eigenvalue weighted by atomic mass is 9.95. The molecule has 0 aromatic heterocycles. The molecule has 2 rings (SSSR count). The Morgan fingerprint density at radius 2 is 1.86 bits per heavy atom. The summed E-state index contributed by atoms with van der Waals surface area (Å²) < 4.78 is 5.61. The summed E-state index contributed by atoms with van der Waals surface area (Å²) in [5.41, 5.74) is 1.17. The van der Waals surface area contributed by atoms with Gasteiger partial charge in [-0.2, -0.15) is 0 Å². The Morgan fingerprint density at radius 3 is 2.50 bits per heavy atom. The predicted octanol–water partition coefficient (Wildman–Crippen LogP) is 2.33. The third-order valence-corrected chi connectivity index (χ3v) is 4.24. The van der Waals surface area contributed by atoms with Crippen LogP contribution in [0.2, 0.25) is 0 Å². The summed E-state index contributed by atoms with van der Waals surface area (Å²) >= 11 is 0. The van der Waals surface area contributed by atoms with Crippen LogP contribution < -0.4 is 4.74 Å². The molecule has 0 radical (unpaired) electrons. The molecule has 0 heterocycles. The number of ether oxygens (including phenoxy) is 1. The SMILES string of the molecule is Cc1ccc(OCCN(C)C(=O)[C@@H]2CCC[C@@H]2C(=O)O)cc1. The van der Waals surface area contributed by atoms with E-state index in [0.717, 1.165) is 12.2 Å². The molecule has 1 aliphatic rings. The summed E-state index contributed by atoms with van der Waals surface area (Å²) in [5, 5.41) is 9.17. The van der Waals surface area contributed by atoms with Crippen molar-refractivity contribution in [2.75, 3.05) is 20.2 Å². The van der Waals surface area contributed by atoms with E-state index in [1.54, 1.807) is 11.9 Å². The first-order valence-electron chi connectivity index (χ1n) is 7.66. The van der Waals surface area contributed by atoms with Crippen LogP contribution in [0.4, 0.5) is 0 Å². The average molecular weight is 305 g/mol. The van der Waals surface area contributed by atoms with Gasteiger partial charge in [-0.3, -0.25) is 9.59 Å². The summed E-state index contributed by atoms with van der Waals surface area (Å²) in [6, 6.07) is 7.74. The molecule has 2 atom stereocenters. The molecule has 5 heteroatoms. The van der Waals surface area contributed by atoms with E-state index in [2.05, 4.69) is 0 Å². The number of rotatable bonds is 6. The van der Waals surface area contributed by atoms with Crippen molar-refractivity contribution in [3.05, 3.63) is 29.8 Å². The minimum atomic E-state index is -0.861. The molecule has 1 aromatic rings. The second-order valence-corrected chi connectivity index (χ2v) is 5.90. The van der Waals surface area contributed by atoms with E-state index in [0.29, 0.717) is 26.0 Å². The monoisotopic (exact) mass is 305 g/mol. The number of carbonyl (C=O) groups excluding carboxylic acids is 1. The fourth-order valence-corrected chi connectivity index (χ4v) is 2.88. The van der Waals surface area contributed by atoms with Crippen molar-refractivity contribution in [2.45, 2.75) is 26.2 Å². The molecule has 1 N–H and O–H groups in total. The van der Waals surface area contributed by atoms with Gasteiger partial charge in [0, 0.05) is 7.05 Å². The zero-order valence-corrected chi connectivity index (χ0v) is 13.1. The topological polar surface area (TPSA) is 66.8 Å². The number of carboxylic acids is 1. The van der Waals surface area contributed by atoms with E-state index in [1.165, 1.54) is 5.56 Å². The van der Waals surface area contributed by atoms with Crippen LogP contribution in [0.25, 0.3) is 0 Å². The Labute approximate surface area is 130 Å². The van der Waals surface area contributed by atoms with Gasteiger partial charge in [0.2, 0.25) is 5.91 Å². The second-order valence-electron chi connectivity index (χ2n) is 5.90. The van der Waals surface area contributed by atoms with Gasteiger partial charge in [0.15, 0.2) is 0 Å². The Balaban J connectivity index is 1.81. The van der Waals surface area contributed by atoms with Crippen LogP contribution in [-0.4, -0.2) is 42.1 Å². The lowest BCUT2D eigenvalue weighted by Crippen LogP contribution is -2.38. The molecule has 0 spiro atoms. The van der Waals surface area contributed by atoms with E-state index < -0.39 is 11.9 Å². The number of aliphatic carboxylic acids is 1. The Hall–Kier alpha value is -2.04. The van der Waals surface area contributed by atoms with Crippen molar-refractivity contribution < 1.29 is 19.4 Å². The van der Waals surface area contributed by atoms with Crippen LogP contribution in [0.3, 0.4) is 0 Å². The van der Waals surface area contributed by atoms with Gasteiger partial charge in [0.05, 0.1) is 18.4 Å². The summed E-state index contributed by atoms with van der Waals surface area (Å²) in [4.78, 5) is 25.1. The number of likely N-dealkylation sites (N-methyl/N-ethyl adjacent to an activating group) is 1. The Bertz CT molecular complexity index is 526. The van der Waals surface area contributed by atoms with Crippen LogP contribution in [0, 0.1) is 18.8 Å². The lowest BCUT2D eigenvalue weighted by Gasteiger charge is -2.23. The van der Waals surface area contributed by atoms with Gasteiger partial charge in [0.1, 0.15) is 12.4 Å². The molecule has 5 nitrogen and oxygen atoms in total. The van der Waals surface area contributed by atoms with Gasteiger partial charge in [-0.15, -0.1) is 0 Å². The maximum absolute atomic E-state index is 12.4. The van der Waals surface area contributed by atoms with Gasteiger partial charge >= 0.3 is 5.97 Å². The minimum absolute atomic E-state index is 0.0857. The molecule has 0 bridgehead atoms. The van der Waals surface area contributed by atoms with Crippen molar-refractivity contribution in [1.29, 1.82) is 0 Å². The molecular weight excluding hydrogens is 282 g/mol. The third-order valence-electron chi connectivity index (χ3n) is 4.24. The molecule has 0 saturated heterocycles. The molecule has 22 heavy (non-hydrogen) atoms. The maximum atomic E-state index is 12.4. The molecule has 1 fully saturated rings. The zero-order valence-electron chi connectivity index (χ0n) is 13.1. The van der Waals surface area contributed by atoms with Crippen molar-refractivity contribution in [3.63, 3.8) is 0 Å². The quantitative estimate of drug-likeness (QED) is 0.876. The summed E-state index contributed by atoms with van der Waals surface area (Å²) in [7, 11) is 1.71. The largest absolute Gasteiger partial charge is 0.492 e. The first kappa shape index (κ1) is 16.3. The van der Waals surface area contributed by atoms with E-state index in [9.17, 15) is 9.59 Å². The highest BCUT2D eigenvalue weighted by atomic mass is 16.5. The fraction of sp³-hybridized carbons (Fsp3) is 0.529. The van der Waals surface area contributed by atoms with Crippen molar-refractivity contribution in [2.24, 2.45) is 11.8 Å². The number of aryl methyl sites for hydroxylation is 1. The number of benzene rings is 1. The highest BCUT2D eigenvalue weighted by molar-refractivity contribution is 5.85. The minimum Gasteiger partial charge on any atom is -0.492 e. The first-order valence-corrected chi connectivity index (χ1v) is 7.66. The van der Waals surface area contributed by atoms with Crippen LogP contribution in [0.5, 0.6) is 5.75 Å². The summed E-state index contributed by atoms with van der Waals surface area (Å²) in [6.45, 7) is 2.86. The number of hydrogen-bond donors (Lipinski definition) is 1. The lowest BCUT2D eigenvalue weighted by molar-refractivity contribution is -0.148. The summed E-state index contributed by atoms with van der Waals surface area (Å²) in [6.07, 6.45) is 2.07. The number of carbonyl (C=O) groups is 2. The Morgan fingerprint density at radius 1 is 1.23 bits per heavy atom. The molecular formula is C17H23NO4. The fourth-order valence-electron chi connectivity index (χ4n) is 2.88. The molecule has 1 saturated carbocycles. The number of hydrogen-bond acceptors (Lipinski definition) is 3. The molecule has 0 aliphatic heterocycles. The Kier molecular flexibility index (Phi) is 5.41. The maximum Gasteiger partial charge on any atom is 0.307 e. The van der Waals surface area contributed by atoms with Gasteiger partial charge in [-0.05, 0) is 31.9 Å². The number of amides is 1. The smallest absolute Gasteiger partial charge is 0.307 e. The third kappa shape index (κ3) is 4.00. The zero-order chi connectivity index (χ0) is 16.1. The highest BCUT2D eigenvalue weighted by Gasteiger charge is 2.38. The van der Waals surface area contributed by atoms with Gasteiger partial charge < -0.3 is 14.7 Å². The van der Waals surface area contributed by atoms with E-state index in [4.69, 9.17) is 9.84 Å². The molecule has 1 aromatic carbocycles. The molecule has 1 amide bonds. The van der Waals surface area contributed by atoms with Crippen LogP contribution in [0.1, 0.15) is 24.8 Å². The van der Waals surface area contributed by atoms with E-state index in [1.807, 2.05) is 31.2 Å². The highest BCUT2D eigenvalue weighted by Crippen LogP contribution is 2.33. The number of carboxylic acid groups (broad SMARTS) is 1. The standard InChI is InChI=1S/C17H23NO4/c1-12-6-8-13(9-7-12)22-11-10-18(2)16(19)14-4-3-5-15(14)17(20)21/h6-9,14-15H,3-5,10-11H2,1-2H3,(H,20,21)/t14-,15+/m1/s1. The summed E-state index contributed by atoms with van der Waals surface area (Å²) in [5.74, 6) is -1.09. The second kappa shape index (κ2) is 7.29. The molecule has 120 valence electrons. The average Bonchev–Trinajstić information content (AvgIpc) is 2.98. The number of nitrogens with zero attached hydrogens (tertiary/aromatic N) is 1. The van der Waals surface area contributed by atoms with E-state index >= 15 is 0 Å².